The van der Waals surface area contributed by atoms with Gasteiger partial charge >= 0.3 is 0 Å². The first-order valence-electron chi connectivity index (χ1n) is 14.8. The minimum Gasteiger partial charge on any atom is -0.494 e. The van der Waals surface area contributed by atoms with Gasteiger partial charge in [-0.25, -0.2) is 18.7 Å². The zero-order valence-electron chi connectivity index (χ0n) is 28.3. The maximum absolute atomic E-state index is 14.1. The van der Waals surface area contributed by atoms with Crippen LogP contribution < -0.4 is 25.6 Å². The first-order chi connectivity index (χ1) is 21.2. The third-order valence-corrected chi connectivity index (χ3v) is 5.62. The van der Waals surface area contributed by atoms with Crippen LogP contribution in [0.3, 0.4) is 0 Å². The number of carbonyl (C=O) groups excluding carboxylic acids is 1. The zero-order chi connectivity index (χ0) is 34.6. The molecular formula is C27H34F2N8O3. The summed E-state index contributed by atoms with van der Waals surface area (Å²) < 4.78 is 79.2. The average Bonchev–Trinajstić information content (AvgIpc) is 2.93. The van der Waals surface area contributed by atoms with Crippen LogP contribution in [0.1, 0.15) is 27.6 Å². The van der Waals surface area contributed by atoms with Crippen molar-refractivity contribution in [3.8, 4) is 5.75 Å². The Hall–Kier alpha value is -4.36. The smallest absolute Gasteiger partial charge is 0.247 e. The van der Waals surface area contributed by atoms with Gasteiger partial charge < -0.3 is 35.6 Å². The lowest BCUT2D eigenvalue weighted by Gasteiger charge is -2.26. The second-order valence-electron chi connectivity index (χ2n) is 9.09. The first kappa shape index (κ1) is 22.5. The number of halogens is 2. The molecule has 1 amide bonds. The molecule has 0 aliphatic carbocycles. The van der Waals surface area contributed by atoms with Crippen molar-refractivity contribution >= 4 is 40.6 Å². The standard InChI is InChI=1S/C27H34F2N8O3/c1-8-24(38)32-20-13-21(23(40-7)14-22(20)37(6)10-9-36(4)5)34-26-31-15-30-25(35-26)33-19-12-18(29)17(28)11-16(19)27(2,3)39/h8,11-15,39H,1,9-10H2,2-7H3,(H,32,38)(H2,30,31,33,34,35)/i4D3,5D3. The molecule has 3 rings (SSSR count). The van der Waals surface area contributed by atoms with E-state index >= 15 is 0 Å². The third kappa shape index (κ3) is 7.61. The van der Waals surface area contributed by atoms with Gasteiger partial charge in [0.1, 0.15) is 12.1 Å². The molecule has 1 heterocycles. The number of likely N-dealkylation sites (N-methyl/N-ethyl adjacent to an activating group) is 2. The van der Waals surface area contributed by atoms with Crippen LogP contribution in [0.15, 0.2) is 43.2 Å². The molecule has 0 aliphatic rings. The van der Waals surface area contributed by atoms with Crippen LogP contribution in [-0.2, 0) is 10.4 Å². The summed E-state index contributed by atoms with van der Waals surface area (Å²) in [5.74, 6) is -2.77. The second-order valence-corrected chi connectivity index (χ2v) is 9.09. The molecule has 13 heteroatoms. The molecule has 214 valence electrons. The third-order valence-electron chi connectivity index (χ3n) is 5.62. The van der Waals surface area contributed by atoms with Gasteiger partial charge in [-0.1, -0.05) is 6.58 Å². The Morgan fingerprint density at radius 2 is 1.75 bits per heavy atom. The maximum atomic E-state index is 14.1. The van der Waals surface area contributed by atoms with Gasteiger partial charge in [-0.2, -0.15) is 4.98 Å². The fraction of sp³-hybridized carbons (Fsp3) is 0.333. The average molecular weight is 563 g/mol. The summed E-state index contributed by atoms with van der Waals surface area (Å²) in [4.78, 5) is 26.6. The molecule has 0 bridgehead atoms. The van der Waals surface area contributed by atoms with Crippen molar-refractivity contribution in [2.24, 2.45) is 0 Å². The van der Waals surface area contributed by atoms with E-state index in [2.05, 4.69) is 37.5 Å². The predicted octanol–water partition coefficient (Wildman–Crippen LogP) is 4.00. The molecule has 0 fully saturated rings. The molecule has 3 aromatic rings. The number of hydrogen-bond donors (Lipinski definition) is 4. The summed E-state index contributed by atoms with van der Waals surface area (Å²) in [5, 5.41) is 18.8. The molecule has 4 N–H and O–H groups in total. The molecular weight excluding hydrogens is 522 g/mol. The van der Waals surface area contributed by atoms with Crippen LogP contribution in [0.5, 0.6) is 5.75 Å². The lowest BCUT2D eigenvalue weighted by molar-refractivity contribution is -0.111. The van der Waals surface area contributed by atoms with Gasteiger partial charge in [0, 0.05) is 46.1 Å². The molecule has 0 atom stereocenters. The van der Waals surface area contributed by atoms with E-state index in [4.69, 9.17) is 13.0 Å². The summed E-state index contributed by atoms with van der Waals surface area (Å²) in [5.41, 5.74) is -0.660. The van der Waals surface area contributed by atoms with E-state index in [0.29, 0.717) is 10.6 Å². The number of rotatable bonds is 12. The Morgan fingerprint density at radius 1 is 1.10 bits per heavy atom. The number of amides is 1. The summed E-state index contributed by atoms with van der Waals surface area (Å²) >= 11 is 0. The lowest BCUT2D eigenvalue weighted by atomic mass is 9.96. The van der Waals surface area contributed by atoms with Crippen LogP contribution in [0.2, 0.25) is 0 Å². The normalized spacial score (nSPS) is 14.1. The largest absolute Gasteiger partial charge is 0.494 e. The van der Waals surface area contributed by atoms with Crippen molar-refractivity contribution < 1.29 is 31.6 Å². The number of aromatic nitrogens is 3. The number of anilines is 6. The molecule has 0 spiro atoms. The number of nitrogens with one attached hydrogen (secondary N) is 3. The summed E-state index contributed by atoms with van der Waals surface area (Å²) in [7, 11) is 2.95. The monoisotopic (exact) mass is 562 g/mol. The minimum absolute atomic E-state index is 0.0125. The van der Waals surface area contributed by atoms with Crippen LogP contribution >= 0.6 is 0 Å². The lowest BCUT2D eigenvalue weighted by Crippen LogP contribution is -2.29. The molecule has 0 radical (unpaired) electrons. The van der Waals surface area contributed by atoms with Crippen molar-refractivity contribution in [1.82, 2.24) is 19.9 Å². The molecule has 0 aliphatic heterocycles. The number of hydrogen-bond acceptors (Lipinski definition) is 10. The zero-order valence-corrected chi connectivity index (χ0v) is 22.3. The fourth-order valence-corrected chi connectivity index (χ4v) is 3.62. The highest BCUT2D eigenvalue weighted by Crippen LogP contribution is 2.38. The Morgan fingerprint density at radius 3 is 2.35 bits per heavy atom. The number of nitrogens with zero attached hydrogens (tertiary/aromatic N) is 5. The molecule has 40 heavy (non-hydrogen) atoms. The van der Waals surface area contributed by atoms with Crippen LogP contribution in [-0.4, -0.2) is 72.1 Å². The number of aliphatic hydroxyl groups is 1. The van der Waals surface area contributed by atoms with Crippen LogP contribution in [0, 0.1) is 11.6 Å². The van der Waals surface area contributed by atoms with E-state index in [9.17, 15) is 18.7 Å². The van der Waals surface area contributed by atoms with Crippen molar-refractivity contribution in [2.75, 3.05) is 62.0 Å². The summed E-state index contributed by atoms with van der Waals surface area (Å²) in [6.07, 6.45) is 2.17. The number of benzene rings is 2. The van der Waals surface area contributed by atoms with E-state index in [1.165, 1.54) is 33.1 Å². The predicted molar refractivity (Wildman–Crippen MR) is 152 cm³/mol. The van der Waals surface area contributed by atoms with E-state index in [1.807, 2.05) is 0 Å². The molecule has 1 aromatic heterocycles. The Bertz CT molecular complexity index is 1570. The van der Waals surface area contributed by atoms with Crippen molar-refractivity contribution in [2.45, 2.75) is 19.4 Å². The molecule has 0 unspecified atom stereocenters. The number of carbonyl (C=O) groups is 1. The molecule has 11 nitrogen and oxygen atoms in total. The van der Waals surface area contributed by atoms with Crippen molar-refractivity contribution in [3.63, 3.8) is 0 Å². The molecule has 2 aromatic carbocycles. The fourth-order valence-electron chi connectivity index (χ4n) is 3.62. The van der Waals surface area contributed by atoms with Crippen LogP contribution in [0.4, 0.5) is 43.4 Å². The van der Waals surface area contributed by atoms with E-state index in [-0.39, 0.29) is 53.4 Å². The number of ether oxygens (including phenoxy) is 1. The molecule has 0 saturated carbocycles. The Labute approximate surface area is 240 Å². The van der Waals surface area contributed by atoms with Crippen LogP contribution in [0.25, 0.3) is 0 Å². The van der Waals surface area contributed by atoms with Crippen molar-refractivity contribution in [1.29, 1.82) is 0 Å². The van der Waals surface area contributed by atoms with Gasteiger partial charge in [-0.15, -0.1) is 0 Å². The Balaban J connectivity index is 1.97. The van der Waals surface area contributed by atoms with Crippen molar-refractivity contribution in [3.05, 3.63) is 60.4 Å². The van der Waals surface area contributed by atoms with Gasteiger partial charge in [0.2, 0.25) is 17.8 Å². The summed E-state index contributed by atoms with van der Waals surface area (Å²) in [6, 6.07) is 4.73. The Kier molecular flexibility index (Phi) is 7.11. The quantitative estimate of drug-likeness (QED) is 0.241. The van der Waals surface area contributed by atoms with Gasteiger partial charge in [0.25, 0.3) is 0 Å². The minimum atomic E-state index is -2.88. The van der Waals surface area contributed by atoms with Gasteiger partial charge in [0.15, 0.2) is 11.6 Å². The highest BCUT2D eigenvalue weighted by atomic mass is 19.2. The SMILES string of the molecule is [2H]C([2H])([2H])N(CCN(C)c1cc(OC)c(Nc2ncnc(Nc3cc(F)c(F)cc3C(C)(C)O)n2)cc1NC(=O)C=C)C([2H])([2H])[2H]. The highest BCUT2D eigenvalue weighted by molar-refractivity contribution is 6.02. The summed E-state index contributed by atoms with van der Waals surface area (Å²) in [6.45, 7) is 0.0645. The maximum Gasteiger partial charge on any atom is 0.247 e. The first-order valence-corrected chi connectivity index (χ1v) is 11.8. The highest BCUT2D eigenvalue weighted by Gasteiger charge is 2.24. The second kappa shape index (κ2) is 12.7. The topological polar surface area (TPSA) is 128 Å². The van der Waals surface area contributed by atoms with Gasteiger partial charge in [0.05, 0.1) is 35.5 Å². The van der Waals surface area contributed by atoms with Gasteiger partial charge in [-0.05, 0) is 46.0 Å². The number of methoxy groups -OCH3 is 1. The van der Waals surface area contributed by atoms with E-state index in [0.717, 1.165) is 24.5 Å². The van der Waals surface area contributed by atoms with E-state index in [1.54, 1.807) is 11.9 Å². The van der Waals surface area contributed by atoms with Gasteiger partial charge in [-0.3, -0.25) is 4.79 Å². The van der Waals surface area contributed by atoms with E-state index < -0.39 is 37.1 Å². The molecule has 0 saturated heterocycles.